The van der Waals surface area contributed by atoms with Crippen molar-refractivity contribution in [2.45, 2.75) is 146 Å². The van der Waals surface area contributed by atoms with Crippen LogP contribution in [0.1, 0.15) is 133 Å². The number of nitrogens with zero attached hydrogens (tertiary/aromatic N) is 2. The number of hydrogen-bond donors (Lipinski definition) is 1. The highest BCUT2D eigenvalue weighted by Crippen LogP contribution is 2.26. The molecule has 0 amide bonds. The molecule has 3 nitrogen and oxygen atoms in total. The Morgan fingerprint density at radius 1 is 0.730 bits per heavy atom. The van der Waals surface area contributed by atoms with Crippen molar-refractivity contribution in [1.29, 1.82) is 0 Å². The fraction of sp³-hybridized carbons (Fsp3) is 1.00. The van der Waals surface area contributed by atoms with Gasteiger partial charge in [0, 0.05) is 18.6 Å². The Kier molecular flexibility index (Phi) is 18.7. The van der Waals surface area contributed by atoms with E-state index < -0.39 is 0 Å². The first-order valence-corrected chi connectivity index (χ1v) is 16.7. The second-order valence-corrected chi connectivity index (χ2v) is 14.8. The molecule has 1 aliphatic rings. The average Bonchev–Trinajstić information content (AvgIpc) is 2.81. The SMILES string of the molecule is CC(C)CCC(CNC(C)CN(CCC(C)C)CCC(C)C)CC(C)CCN1CCCCC1CC(C)C. The van der Waals surface area contributed by atoms with E-state index >= 15 is 0 Å². The molecule has 0 spiro atoms. The smallest absolute Gasteiger partial charge is 0.0166 e. The molecule has 4 unspecified atom stereocenters. The number of nitrogens with one attached hydrogen (secondary N) is 1. The van der Waals surface area contributed by atoms with Crippen LogP contribution in [0.4, 0.5) is 0 Å². The van der Waals surface area contributed by atoms with Gasteiger partial charge in [0.2, 0.25) is 0 Å². The third kappa shape index (κ3) is 18.0. The third-order valence-corrected chi connectivity index (χ3v) is 8.62. The molecule has 1 saturated heterocycles. The Hall–Kier alpha value is -0.120. The minimum absolute atomic E-state index is 0.571. The molecular formula is C34H71N3. The average molecular weight is 522 g/mol. The van der Waals surface area contributed by atoms with Crippen LogP contribution in [0.2, 0.25) is 0 Å². The molecule has 1 rings (SSSR count). The quantitative estimate of drug-likeness (QED) is 0.163. The lowest BCUT2D eigenvalue weighted by Crippen LogP contribution is -2.42. The van der Waals surface area contributed by atoms with Gasteiger partial charge in [0.15, 0.2) is 0 Å². The summed E-state index contributed by atoms with van der Waals surface area (Å²) in [6.07, 6.45) is 13.8. The topological polar surface area (TPSA) is 18.5 Å². The van der Waals surface area contributed by atoms with Gasteiger partial charge in [0.05, 0.1) is 0 Å². The summed E-state index contributed by atoms with van der Waals surface area (Å²) < 4.78 is 0. The van der Waals surface area contributed by atoms with Crippen molar-refractivity contribution in [2.24, 2.45) is 35.5 Å². The first-order valence-electron chi connectivity index (χ1n) is 16.7. The van der Waals surface area contributed by atoms with Crippen molar-refractivity contribution in [3.8, 4) is 0 Å². The molecule has 0 aliphatic carbocycles. The van der Waals surface area contributed by atoms with Gasteiger partial charge in [-0.3, -0.25) is 0 Å². The van der Waals surface area contributed by atoms with Gasteiger partial charge >= 0.3 is 0 Å². The van der Waals surface area contributed by atoms with Crippen LogP contribution in [0.25, 0.3) is 0 Å². The molecule has 0 aromatic carbocycles. The summed E-state index contributed by atoms with van der Waals surface area (Å²) in [5.41, 5.74) is 0. The monoisotopic (exact) mass is 522 g/mol. The number of rotatable bonds is 21. The van der Waals surface area contributed by atoms with Gasteiger partial charge in [-0.1, -0.05) is 75.2 Å². The Morgan fingerprint density at radius 3 is 1.92 bits per heavy atom. The number of piperidine rings is 1. The summed E-state index contributed by atoms with van der Waals surface area (Å²) in [5, 5.41) is 4.00. The molecule has 37 heavy (non-hydrogen) atoms. The van der Waals surface area contributed by atoms with Crippen molar-refractivity contribution in [2.75, 3.05) is 39.3 Å². The van der Waals surface area contributed by atoms with Crippen LogP contribution in [0.15, 0.2) is 0 Å². The van der Waals surface area contributed by atoms with Crippen LogP contribution in [-0.4, -0.2) is 61.2 Å². The van der Waals surface area contributed by atoms with E-state index in [9.17, 15) is 0 Å². The van der Waals surface area contributed by atoms with Crippen LogP contribution in [0.5, 0.6) is 0 Å². The van der Waals surface area contributed by atoms with Crippen LogP contribution in [0, 0.1) is 35.5 Å². The molecule has 4 atom stereocenters. The lowest BCUT2D eigenvalue weighted by molar-refractivity contribution is 0.119. The van der Waals surface area contributed by atoms with Crippen molar-refractivity contribution in [1.82, 2.24) is 15.1 Å². The maximum atomic E-state index is 4.00. The highest BCUT2D eigenvalue weighted by Gasteiger charge is 2.24. The van der Waals surface area contributed by atoms with E-state index in [1.807, 2.05) is 0 Å². The lowest BCUT2D eigenvalue weighted by Gasteiger charge is -2.37. The Balaban J connectivity index is 2.57. The zero-order valence-corrected chi connectivity index (χ0v) is 27.3. The molecule has 1 N–H and O–H groups in total. The second-order valence-electron chi connectivity index (χ2n) is 14.8. The van der Waals surface area contributed by atoms with Crippen molar-refractivity contribution < 1.29 is 0 Å². The predicted octanol–water partition coefficient (Wildman–Crippen LogP) is 8.73. The van der Waals surface area contributed by atoms with Gasteiger partial charge in [0.25, 0.3) is 0 Å². The molecule has 3 heteroatoms. The Bertz CT molecular complexity index is 517. The first kappa shape index (κ1) is 34.9. The highest BCUT2D eigenvalue weighted by atomic mass is 15.2. The van der Waals surface area contributed by atoms with Gasteiger partial charge in [-0.2, -0.15) is 0 Å². The predicted molar refractivity (Wildman–Crippen MR) is 167 cm³/mol. The molecule has 0 radical (unpaired) electrons. The third-order valence-electron chi connectivity index (χ3n) is 8.62. The fourth-order valence-corrected chi connectivity index (χ4v) is 6.11. The van der Waals surface area contributed by atoms with E-state index in [1.165, 1.54) is 103 Å². The van der Waals surface area contributed by atoms with Crippen molar-refractivity contribution in [3.05, 3.63) is 0 Å². The van der Waals surface area contributed by atoms with E-state index in [2.05, 4.69) is 84.4 Å². The maximum Gasteiger partial charge on any atom is 0.0166 e. The van der Waals surface area contributed by atoms with Crippen LogP contribution in [0.3, 0.4) is 0 Å². The van der Waals surface area contributed by atoms with Crippen molar-refractivity contribution in [3.63, 3.8) is 0 Å². The van der Waals surface area contributed by atoms with Gasteiger partial charge in [-0.15, -0.1) is 0 Å². The molecule has 0 bridgehead atoms. The van der Waals surface area contributed by atoms with E-state index in [0.717, 1.165) is 41.5 Å². The fourth-order valence-electron chi connectivity index (χ4n) is 6.11. The summed E-state index contributed by atoms with van der Waals surface area (Å²) in [7, 11) is 0. The summed E-state index contributed by atoms with van der Waals surface area (Å²) in [6.45, 7) is 31.5. The van der Waals surface area contributed by atoms with Crippen LogP contribution in [-0.2, 0) is 0 Å². The number of likely N-dealkylation sites (tertiary alicyclic amines) is 1. The largest absolute Gasteiger partial charge is 0.313 e. The molecule has 0 saturated carbocycles. The minimum Gasteiger partial charge on any atom is -0.313 e. The van der Waals surface area contributed by atoms with E-state index in [1.54, 1.807) is 0 Å². The molecule has 0 aromatic heterocycles. The summed E-state index contributed by atoms with van der Waals surface area (Å²) in [6, 6.07) is 1.41. The normalized spacial score (nSPS) is 20.0. The lowest BCUT2D eigenvalue weighted by atomic mass is 9.87. The van der Waals surface area contributed by atoms with E-state index in [0.29, 0.717) is 6.04 Å². The van der Waals surface area contributed by atoms with Crippen molar-refractivity contribution >= 4 is 0 Å². The van der Waals surface area contributed by atoms with Gasteiger partial charge in [-0.05, 0) is 127 Å². The van der Waals surface area contributed by atoms with E-state index in [-0.39, 0.29) is 0 Å². The Morgan fingerprint density at radius 2 is 1.35 bits per heavy atom. The molecule has 1 fully saturated rings. The summed E-state index contributed by atoms with van der Waals surface area (Å²) in [5.74, 6) is 4.85. The second kappa shape index (κ2) is 19.9. The molecule has 222 valence electrons. The minimum atomic E-state index is 0.571. The van der Waals surface area contributed by atoms with Gasteiger partial charge < -0.3 is 15.1 Å². The molecule has 1 heterocycles. The van der Waals surface area contributed by atoms with E-state index in [4.69, 9.17) is 0 Å². The standard InChI is InChI=1S/C34H71N3/c1-27(2)14-15-33(24-31(9)18-22-37-19-12-11-13-34(37)23-30(7)8)25-35-32(10)26-36(20-16-28(3)4)21-17-29(5)6/h27-35H,11-26H2,1-10H3. The van der Waals surface area contributed by atoms with Gasteiger partial charge in [-0.25, -0.2) is 0 Å². The molecule has 0 aromatic rings. The summed E-state index contributed by atoms with van der Waals surface area (Å²) in [4.78, 5) is 5.59. The van der Waals surface area contributed by atoms with Gasteiger partial charge in [0.1, 0.15) is 0 Å². The van der Waals surface area contributed by atoms with Crippen LogP contribution >= 0.6 is 0 Å². The first-order chi connectivity index (χ1) is 17.5. The summed E-state index contributed by atoms with van der Waals surface area (Å²) >= 11 is 0. The maximum absolute atomic E-state index is 4.00. The number of hydrogen-bond acceptors (Lipinski definition) is 3. The van der Waals surface area contributed by atoms with Crippen LogP contribution < -0.4 is 5.32 Å². The highest BCUT2D eigenvalue weighted by molar-refractivity contribution is 4.79. The Labute approximate surface area is 235 Å². The molecular weight excluding hydrogens is 450 g/mol. The zero-order valence-electron chi connectivity index (χ0n) is 27.3. The zero-order chi connectivity index (χ0) is 27.8. The molecule has 1 aliphatic heterocycles.